The first-order valence-corrected chi connectivity index (χ1v) is 8.66. The van der Waals surface area contributed by atoms with E-state index in [1.54, 1.807) is 13.8 Å². The lowest BCUT2D eigenvalue weighted by molar-refractivity contribution is -0.118. The summed E-state index contributed by atoms with van der Waals surface area (Å²) in [5, 5.41) is 4.92. The van der Waals surface area contributed by atoms with Crippen molar-refractivity contribution in [1.29, 1.82) is 0 Å². The molecule has 2 rings (SSSR count). The molecule has 144 valence electrons. The number of hydrogen-bond acceptors (Lipinski definition) is 6. The van der Waals surface area contributed by atoms with Crippen molar-refractivity contribution in [3.8, 4) is 0 Å². The Morgan fingerprint density at radius 1 is 1.19 bits per heavy atom. The molecular formula is C17H17F2N3O4S. The van der Waals surface area contributed by atoms with Crippen LogP contribution >= 0.6 is 11.3 Å². The number of nitrogens with one attached hydrogen (secondary N) is 2. The van der Waals surface area contributed by atoms with Gasteiger partial charge in [0.1, 0.15) is 28.1 Å². The minimum Gasteiger partial charge on any atom is -0.465 e. The van der Waals surface area contributed by atoms with Crippen LogP contribution in [0.5, 0.6) is 0 Å². The third-order valence-corrected chi connectivity index (χ3v) is 4.44. The van der Waals surface area contributed by atoms with E-state index in [1.807, 2.05) is 0 Å². The number of nitrogens with zero attached hydrogens (tertiary/aromatic N) is 1. The summed E-state index contributed by atoms with van der Waals surface area (Å²) in [6, 6.07) is 1.95. The highest BCUT2D eigenvalue weighted by Gasteiger charge is 2.28. The maximum Gasteiger partial charge on any atom is 0.349 e. The number of esters is 1. The van der Waals surface area contributed by atoms with E-state index in [2.05, 4.69) is 20.4 Å². The van der Waals surface area contributed by atoms with Crippen molar-refractivity contribution in [2.24, 2.45) is 5.92 Å². The maximum atomic E-state index is 13.8. The Morgan fingerprint density at radius 2 is 1.81 bits per heavy atom. The highest BCUT2D eigenvalue weighted by molar-refractivity contribution is 7.17. The average molecular weight is 397 g/mol. The summed E-state index contributed by atoms with van der Waals surface area (Å²) in [5.74, 6) is -4.73. The second kappa shape index (κ2) is 8.67. The number of amides is 2. The second-order valence-corrected chi connectivity index (χ2v) is 6.83. The second-order valence-electron chi connectivity index (χ2n) is 5.80. The molecule has 2 N–H and O–H groups in total. The number of methoxy groups -OCH3 is 1. The van der Waals surface area contributed by atoms with Crippen LogP contribution in [0.25, 0.3) is 0 Å². The predicted molar refractivity (Wildman–Crippen MR) is 94.5 cm³/mol. The summed E-state index contributed by atoms with van der Waals surface area (Å²) in [5.41, 5.74) is -0.766. The number of carbonyl (C=O) groups excluding carboxylic acids is 3. The van der Waals surface area contributed by atoms with E-state index < -0.39 is 41.0 Å². The van der Waals surface area contributed by atoms with Crippen molar-refractivity contribution in [1.82, 2.24) is 10.3 Å². The van der Waals surface area contributed by atoms with E-state index in [1.165, 1.54) is 13.3 Å². The van der Waals surface area contributed by atoms with E-state index in [0.29, 0.717) is 0 Å². The van der Waals surface area contributed by atoms with Crippen LogP contribution in [0.4, 0.5) is 13.9 Å². The van der Waals surface area contributed by atoms with E-state index in [4.69, 9.17) is 0 Å². The van der Waals surface area contributed by atoms with Crippen LogP contribution in [-0.4, -0.2) is 35.9 Å². The molecule has 0 saturated heterocycles. The number of rotatable bonds is 6. The number of aromatic nitrogens is 1. The SMILES string of the molecule is COC(=O)c1cnc(NC(=O)C(NC(=O)c2c(F)cccc2F)C(C)C)s1. The molecule has 0 bridgehead atoms. The zero-order valence-corrected chi connectivity index (χ0v) is 15.5. The summed E-state index contributed by atoms with van der Waals surface area (Å²) < 4.78 is 32.1. The molecule has 1 unspecified atom stereocenters. The largest absolute Gasteiger partial charge is 0.465 e. The molecule has 27 heavy (non-hydrogen) atoms. The number of hydrogen-bond donors (Lipinski definition) is 2. The molecule has 7 nitrogen and oxygen atoms in total. The smallest absolute Gasteiger partial charge is 0.349 e. The number of thiazole rings is 1. The van der Waals surface area contributed by atoms with Gasteiger partial charge in [-0.2, -0.15) is 0 Å². The summed E-state index contributed by atoms with van der Waals surface area (Å²) in [4.78, 5) is 40.2. The molecule has 1 aromatic carbocycles. The Labute approximate surface area is 157 Å². The van der Waals surface area contributed by atoms with Gasteiger partial charge in [0.15, 0.2) is 5.13 Å². The highest BCUT2D eigenvalue weighted by atomic mass is 32.1. The van der Waals surface area contributed by atoms with Gasteiger partial charge in [0.05, 0.1) is 13.3 Å². The Bertz CT molecular complexity index is 849. The molecule has 0 aliphatic heterocycles. The lowest BCUT2D eigenvalue weighted by Gasteiger charge is -2.21. The summed E-state index contributed by atoms with van der Waals surface area (Å²) >= 11 is 0.893. The fourth-order valence-corrected chi connectivity index (χ4v) is 2.91. The highest BCUT2D eigenvalue weighted by Crippen LogP contribution is 2.20. The van der Waals surface area contributed by atoms with Crippen molar-refractivity contribution in [3.63, 3.8) is 0 Å². The quantitative estimate of drug-likeness (QED) is 0.731. The van der Waals surface area contributed by atoms with Gasteiger partial charge in [0.25, 0.3) is 5.91 Å². The Balaban J connectivity index is 2.14. The lowest BCUT2D eigenvalue weighted by atomic mass is 10.0. The third kappa shape index (κ3) is 4.85. The fourth-order valence-electron chi connectivity index (χ4n) is 2.17. The first-order chi connectivity index (χ1) is 12.7. The van der Waals surface area contributed by atoms with E-state index >= 15 is 0 Å². The molecule has 0 fully saturated rings. The van der Waals surface area contributed by atoms with Gasteiger partial charge in [-0.1, -0.05) is 31.3 Å². The predicted octanol–water partition coefficient (Wildman–Crippen LogP) is 2.60. The number of halogens is 2. The zero-order chi connectivity index (χ0) is 20.1. The molecule has 0 radical (unpaired) electrons. The normalized spacial score (nSPS) is 11.8. The van der Waals surface area contributed by atoms with Gasteiger partial charge >= 0.3 is 5.97 Å². The summed E-state index contributed by atoms with van der Waals surface area (Å²) in [6.07, 6.45) is 1.24. The van der Waals surface area contributed by atoms with Gasteiger partial charge in [0, 0.05) is 0 Å². The van der Waals surface area contributed by atoms with Crippen molar-refractivity contribution >= 4 is 34.3 Å². The van der Waals surface area contributed by atoms with Crippen molar-refractivity contribution in [2.45, 2.75) is 19.9 Å². The fraction of sp³-hybridized carbons (Fsp3) is 0.294. The van der Waals surface area contributed by atoms with Crippen LogP contribution in [0.1, 0.15) is 33.9 Å². The Morgan fingerprint density at radius 3 is 2.37 bits per heavy atom. The first kappa shape index (κ1) is 20.4. The van der Waals surface area contributed by atoms with Crippen molar-refractivity contribution < 1.29 is 27.9 Å². The molecule has 2 amide bonds. The van der Waals surface area contributed by atoms with Gasteiger partial charge < -0.3 is 15.4 Å². The molecule has 1 atom stereocenters. The molecule has 0 aliphatic rings. The van der Waals surface area contributed by atoms with E-state index in [9.17, 15) is 23.2 Å². The lowest BCUT2D eigenvalue weighted by Crippen LogP contribution is -2.47. The van der Waals surface area contributed by atoms with Gasteiger partial charge in [-0.25, -0.2) is 18.6 Å². The zero-order valence-electron chi connectivity index (χ0n) is 14.7. The number of ether oxygens (including phenoxy) is 1. The van der Waals surface area contributed by atoms with Crippen LogP contribution in [0.15, 0.2) is 24.4 Å². The number of carbonyl (C=O) groups is 3. The Kier molecular flexibility index (Phi) is 6.56. The van der Waals surface area contributed by atoms with Crippen molar-refractivity contribution in [3.05, 3.63) is 46.5 Å². The minimum atomic E-state index is -1.08. The number of benzene rings is 1. The monoisotopic (exact) mass is 397 g/mol. The van der Waals surface area contributed by atoms with Gasteiger partial charge in [-0.3, -0.25) is 9.59 Å². The van der Waals surface area contributed by atoms with Gasteiger partial charge in [-0.05, 0) is 18.1 Å². The molecule has 0 spiro atoms. The third-order valence-electron chi connectivity index (χ3n) is 3.55. The van der Waals surface area contributed by atoms with Crippen molar-refractivity contribution in [2.75, 3.05) is 12.4 Å². The van der Waals surface area contributed by atoms with Crippen LogP contribution in [-0.2, 0) is 9.53 Å². The van der Waals surface area contributed by atoms with Crippen LogP contribution in [0.2, 0.25) is 0 Å². The average Bonchev–Trinajstić information content (AvgIpc) is 3.06. The molecule has 1 heterocycles. The summed E-state index contributed by atoms with van der Waals surface area (Å²) in [6.45, 7) is 3.31. The van der Waals surface area contributed by atoms with Crippen LogP contribution in [0.3, 0.4) is 0 Å². The standard InChI is InChI=1S/C17H17F2N3O4S/c1-8(2)13(21-14(23)12-9(18)5-4-6-10(12)19)15(24)22-17-20-7-11(27-17)16(25)26-3/h4-8,13H,1-3H3,(H,21,23)(H,20,22,24). The molecule has 0 aliphatic carbocycles. The van der Waals surface area contributed by atoms with Crippen LogP contribution < -0.4 is 10.6 Å². The van der Waals surface area contributed by atoms with E-state index in [-0.39, 0.29) is 15.9 Å². The number of anilines is 1. The molecule has 1 aromatic heterocycles. The Hall–Kier alpha value is -2.88. The van der Waals surface area contributed by atoms with Gasteiger partial charge in [0.2, 0.25) is 5.91 Å². The molecular weight excluding hydrogens is 380 g/mol. The molecule has 0 saturated carbocycles. The topological polar surface area (TPSA) is 97.4 Å². The summed E-state index contributed by atoms with van der Waals surface area (Å²) in [7, 11) is 1.21. The van der Waals surface area contributed by atoms with E-state index in [0.717, 1.165) is 29.5 Å². The van der Waals surface area contributed by atoms with Crippen LogP contribution in [0, 0.1) is 17.6 Å². The molecule has 2 aromatic rings. The molecule has 10 heteroatoms. The maximum absolute atomic E-state index is 13.8. The van der Waals surface area contributed by atoms with Gasteiger partial charge in [-0.15, -0.1) is 0 Å². The minimum absolute atomic E-state index is 0.123. The first-order valence-electron chi connectivity index (χ1n) is 7.84.